The maximum atomic E-state index is 12.0. The first-order valence-electron chi connectivity index (χ1n) is 10.2. The van der Waals surface area contributed by atoms with Crippen molar-refractivity contribution in [3.8, 4) is 11.5 Å². The molecule has 1 amide bonds. The summed E-state index contributed by atoms with van der Waals surface area (Å²) in [5, 5.41) is 3.00. The lowest BCUT2D eigenvalue weighted by molar-refractivity contribution is -0.132. The van der Waals surface area contributed by atoms with Crippen LogP contribution in [0.2, 0.25) is 0 Å². The molecular formula is C23H33NO4. The number of rotatable bonds is 9. The molecule has 0 unspecified atom stereocenters. The van der Waals surface area contributed by atoms with Crippen molar-refractivity contribution in [2.24, 2.45) is 0 Å². The molecule has 1 aromatic rings. The Morgan fingerprint density at radius 2 is 1.93 bits per heavy atom. The van der Waals surface area contributed by atoms with Gasteiger partial charge in [0.25, 0.3) is 0 Å². The molecule has 0 aromatic heterocycles. The summed E-state index contributed by atoms with van der Waals surface area (Å²) in [5.41, 5.74) is 4.20. The van der Waals surface area contributed by atoms with Crippen molar-refractivity contribution >= 4 is 11.9 Å². The highest BCUT2D eigenvalue weighted by Gasteiger charge is 2.14. The summed E-state index contributed by atoms with van der Waals surface area (Å²) < 4.78 is 11.2. The van der Waals surface area contributed by atoms with Crippen LogP contribution in [0.25, 0.3) is 0 Å². The Labute approximate surface area is 168 Å². The number of nitrogens with one attached hydrogen (secondary N) is 1. The number of ether oxygens (including phenoxy) is 2. The molecule has 0 atom stereocenters. The molecule has 28 heavy (non-hydrogen) atoms. The first kappa shape index (κ1) is 22.0. The van der Waals surface area contributed by atoms with Gasteiger partial charge in [-0.3, -0.25) is 9.59 Å². The van der Waals surface area contributed by atoms with Gasteiger partial charge >= 0.3 is 5.97 Å². The Bertz CT molecular complexity index is 737. The van der Waals surface area contributed by atoms with Gasteiger partial charge in [-0.2, -0.15) is 0 Å². The molecule has 5 heteroatoms. The summed E-state index contributed by atoms with van der Waals surface area (Å²) in [6.07, 6.45) is 9.34. The fourth-order valence-corrected chi connectivity index (χ4v) is 3.47. The van der Waals surface area contributed by atoms with Crippen LogP contribution >= 0.6 is 0 Å². The van der Waals surface area contributed by atoms with Crippen molar-refractivity contribution < 1.29 is 19.1 Å². The van der Waals surface area contributed by atoms with Crippen LogP contribution in [-0.2, 0) is 9.59 Å². The molecule has 0 radical (unpaired) electrons. The number of hydrogen-bond donors (Lipinski definition) is 1. The Morgan fingerprint density at radius 3 is 2.61 bits per heavy atom. The third-order valence-corrected chi connectivity index (χ3v) is 5.18. The number of carbonyl (C=O) groups is 2. The number of aryl methyl sites for hydroxylation is 1. The molecule has 1 N–H and O–H groups in total. The highest BCUT2D eigenvalue weighted by atomic mass is 16.5. The first-order valence-corrected chi connectivity index (χ1v) is 10.2. The Kier molecular flexibility index (Phi) is 8.55. The van der Waals surface area contributed by atoms with Gasteiger partial charge in [0.15, 0.2) is 0 Å². The smallest absolute Gasteiger partial charge is 0.308 e. The molecule has 0 saturated heterocycles. The van der Waals surface area contributed by atoms with Crippen LogP contribution in [0, 0.1) is 20.8 Å². The zero-order chi connectivity index (χ0) is 20.5. The van der Waals surface area contributed by atoms with Gasteiger partial charge in [-0.05, 0) is 82.1 Å². The topological polar surface area (TPSA) is 64.6 Å². The van der Waals surface area contributed by atoms with Crippen molar-refractivity contribution in [1.29, 1.82) is 0 Å². The minimum Gasteiger partial charge on any atom is -0.493 e. The van der Waals surface area contributed by atoms with Crippen molar-refractivity contribution in [1.82, 2.24) is 5.32 Å². The molecule has 0 fully saturated rings. The number of amides is 1. The summed E-state index contributed by atoms with van der Waals surface area (Å²) >= 11 is 0. The Balaban J connectivity index is 1.73. The van der Waals surface area contributed by atoms with E-state index in [4.69, 9.17) is 9.47 Å². The van der Waals surface area contributed by atoms with Gasteiger partial charge < -0.3 is 14.8 Å². The van der Waals surface area contributed by atoms with E-state index >= 15 is 0 Å². The molecule has 0 aliphatic heterocycles. The van der Waals surface area contributed by atoms with E-state index < -0.39 is 0 Å². The number of esters is 1. The van der Waals surface area contributed by atoms with E-state index in [-0.39, 0.29) is 11.9 Å². The fourth-order valence-electron chi connectivity index (χ4n) is 3.47. The van der Waals surface area contributed by atoms with Crippen LogP contribution in [0.15, 0.2) is 17.7 Å². The van der Waals surface area contributed by atoms with Crippen molar-refractivity contribution in [3.05, 3.63) is 34.4 Å². The van der Waals surface area contributed by atoms with Crippen LogP contribution in [0.1, 0.15) is 68.6 Å². The minimum atomic E-state index is -0.329. The lowest BCUT2D eigenvalue weighted by Gasteiger charge is -2.16. The second-order valence-corrected chi connectivity index (χ2v) is 7.52. The van der Waals surface area contributed by atoms with Crippen LogP contribution in [0.5, 0.6) is 11.5 Å². The molecular weight excluding hydrogens is 354 g/mol. The first-order chi connectivity index (χ1) is 13.4. The SMILES string of the molecule is CC(=O)Oc1c(C)cc(OCCCC(=O)NCCC2=CCCCC2)c(C)c1C. The van der Waals surface area contributed by atoms with E-state index in [0.29, 0.717) is 25.2 Å². The maximum Gasteiger partial charge on any atom is 0.308 e. The Hall–Kier alpha value is -2.30. The third kappa shape index (κ3) is 6.70. The number of benzene rings is 1. The summed E-state index contributed by atoms with van der Waals surface area (Å²) in [6, 6.07) is 1.89. The van der Waals surface area contributed by atoms with Gasteiger partial charge in [-0.15, -0.1) is 0 Å². The van der Waals surface area contributed by atoms with E-state index in [0.717, 1.165) is 35.4 Å². The predicted octanol–water partition coefficient (Wildman–Crippen LogP) is 4.70. The summed E-state index contributed by atoms with van der Waals surface area (Å²) in [4.78, 5) is 23.2. The van der Waals surface area contributed by atoms with E-state index in [1.165, 1.54) is 38.2 Å². The fraction of sp³-hybridized carbons (Fsp3) is 0.565. The van der Waals surface area contributed by atoms with Gasteiger partial charge in [0.05, 0.1) is 6.61 Å². The molecule has 0 heterocycles. The molecule has 1 aliphatic carbocycles. The number of carbonyl (C=O) groups excluding carboxylic acids is 2. The Morgan fingerprint density at radius 1 is 1.14 bits per heavy atom. The van der Waals surface area contributed by atoms with Crippen LogP contribution in [0.3, 0.4) is 0 Å². The van der Waals surface area contributed by atoms with Crippen molar-refractivity contribution in [2.45, 2.75) is 72.6 Å². The zero-order valence-corrected chi connectivity index (χ0v) is 17.7. The van der Waals surface area contributed by atoms with E-state index in [1.807, 2.05) is 26.8 Å². The summed E-state index contributed by atoms with van der Waals surface area (Å²) in [7, 11) is 0. The summed E-state index contributed by atoms with van der Waals surface area (Å²) in [6.45, 7) is 8.36. The second-order valence-electron chi connectivity index (χ2n) is 7.52. The van der Waals surface area contributed by atoms with Crippen molar-refractivity contribution in [3.63, 3.8) is 0 Å². The molecule has 1 aliphatic rings. The largest absolute Gasteiger partial charge is 0.493 e. The van der Waals surface area contributed by atoms with Gasteiger partial charge in [0.1, 0.15) is 11.5 Å². The zero-order valence-electron chi connectivity index (χ0n) is 17.7. The number of allylic oxidation sites excluding steroid dienone is 1. The quantitative estimate of drug-likeness (QED) is 0.289. The minimum absolute atomic E-state index is 0.0781. The van der Waals surface area contributed by atoms with Gasteiger partial charge in [-0.25, -0.2) is 0 Å². The van der Waals surface area contributed by atoms with Crippen LogP contribution < -0.4 is 14.8 Å². The van der Waals surface area contributed by atoms with Crippen LogP contribution in [-0.4, -0.2) is 25.0 Å². The maximum absolute atomic E-state index is 12.0. The average Bonchev–Trinajstić information content (AvgIpc) is 2.67. The monoisotopic (exact) mass is 387 g/mol. The molecule has 0 saturated carbocycles. The highest BCUT2D eigenvalue weighted by Crippen LogP contribution is 2.33. The molecule has 1 aromatic carbocycles. The molecule has 154 valence electrons. The van der Waals surface area contributed by atoms with Crippen LogP contribution in [0.4, 0.5) is 0 Å². The lowest BCUT2D eigenvalue weighted by atomic mass is 9.97. The van der Waals surface area contributed by atoms with E-state index in [1.54, 1.807) is 0 Å². The highest BCUT2D eigenvalue weighted by molar-refractivity contribution is 5.75. The molecule has 5 nitrogen and oxygen atoms in total. The predicted molar refractivity (Wildman–Crippen MR) is 111 cm³/mol. The molecule has 0 spiro atoms. The third-order valence-electron chi connectivity index (χ3n) is 5.18. The standard InChI is InChI=1S/C23H33NO4/c1-16-15-21(17(2)18(3)23(16)28-19(4)25)27-14-8-11-22(26)24-13-12-20-9-6-5-7-10-20/h9,15H,5-8,10-14H2,1-4H3,(H,24,26). The number of hydrogen-bond acceptors (Lipinski definition) is 4. The van der Waals surface area contributed by atoms with Gasteiger partial charge in [-0.1, -0.05) is 11.6 Å². The normalized spacial score (nSPS) is 13.6. The summed E-state index contributed by atoms with van der Waals surface area (Å²) in [5.74, 6) is 1.12. The second kappa shape index (κ2) is 10.9. The van der Waals surface area contributed by atoms with E-state index in [2.05, 4.69) is 11.4 Å². The van der Waals surface area contributed by atoms with E-state index in [9.17, 15) is 9.59 Å². The average molecular weight is 388 g/mol. The van der Waals surface area contributed by atoms with Crippen molar-refractivity contribution in [2.75, 3.05) is 13.2 Å². The van der Waals surface area contributed by atoms with Gasteiger partial charge in [0.2, 0.25) is 5.91 Å². The van der Waals surface area contributed by atoms with Gasteiger partial charge in [0, 0.05) is 19.9 Å². The molecule has 0 bridgehead atoms. The molecule has 2 rings (SSSR count). The lowest BCUT2D eigenvalue weighted by Crippen LogP contribution is -2.25.